The van der Waals surface area contributed by atoms with E-state index in [1.807, 2.05) is 6.92 Å². The van der Waals surface area contributed by atoms with Gasteiger partial charge in [0, 0.05) is 6.04 Å². The molecule has 9 heteroatoms. The van der Waals surface area contributed by atoms with Gasteiger partial charge in [0.05, 0.1) is 17.5 Å². The number of rotatable bonds is 6. The van der Waals surface area contributed by atoms with E-state index in [1.165, 1.54) is 6.07 Å². The van der Waals surface area contributed by atoms with Crippen LogP contribution in [-0.4, -0.2) is 33.2 Å². The third-order valence-electron chi connectivity index (χ3n) is 3.19. The van der Waals surface area contributed by atoms with Crippen LogP contribution in [0.3, 0.4) is 0 Å². The first-order valence-electron chi connectivity index (χ1n) is 6.90. The topological polar surface area (TPSA) is 66.5 Å². The van der Waals surface area contributed by atoms with Gasteiger partial charge in [0.1, 0.15) is 6.54 Å². The van der Waals surface area contributed by atoms with Gasteiger partial charge in [0.25, 0.3) is 0 Å². The number of sulfonamides is 1. The highest BCUT2D eigenvalue weighted by Gasteiger charge is 2.36. The molecule has 1 rings (SSSR count). The van der Waals surface area contributed by atoms with Crippen LogP contribution in [0.2, 0.25) is 0 Å². The zero-order chi connectivity index (χ0) is 17.8. The molecule has 1 aromatic carbocycles. The Morgan fingerprint density at radius 1 is 1.30 bits per heavy atom. The molecule has 0 saturated heterocycles. The van der Waals surface area contributed by atoms with Crippen LogP contribution in [0.5, 0.6) is 0 Å². The molecular formula is C14H19F3N2O3S. The van der Waals surface area contributed by atoms with Gasteiger partial charge >= 0.3 is 6.18 Å². The second-order valence-electron chi connectivity index (χ2n) is 5.16. The Hall–Kier alpha value is -1.77. The Bertz CT molecular complexity index is 659. The molecule has 0 aromatic heterocycles. The van der Waals surface area contributed by atoms with Crippen molar-refractivity contribution in [1.82, 2.24) is 5.32 Å². The molecule has 0 fully saturated rings. The number of hydrogen-bond acceptors (Lipinski definition) is 3. The van der Waals surface area contributed by atoms with Crippen LogP contribution in [-0.2, 0) is 21.0 Å². The number of para-hydroxylation sites is 1. The largest absolute Gasteiger partial charge is 0.418 e. The Morgan fingerprint density at radius 2 is 1.87 bits per heavy atom. The smallest absolute Gasteiger partial charge is 0.352 e. The molecule has 1 amide bonds. The van der Waals surface area contributed by atoms with E-state index >= 15 is 0 Å². The Morgan fingerprint density at radius 3 is 2.35 bits per heavy atom. The minimum absolute atomic E-state index is 0.207. The van der Waals surface area contributed by atoms with Gasteiger partial charge in [-0.2, -0.15) is 13.2 Å². The number of carbonyl (C=O) groups is 1. The van der Waals surface area contributed by atoms with Gasteiger partial charge < -0.3 is 5.32 Å². The van der Waals surface area contributed by atoms with E-state index in [9.17, 15) is 26.4 Å². The SMILES string of the molecule is CCC(C)NC(=O)CN(c1ccccc1C(F)(F)F)S(C)(=O)=O. The van der Waals surface area contributed by atoms with Crippen molar-refractivity contribution in [1.29, 1.82) is 0 Å². The molecular weight excluding hydrogens is 333 g/mol. The van der Waals surface area contributed by atoms with Crippen LogP contribution in [0.15, 0.2) is 24.3 Å². The third-order valence-corrected chi connectivity index (χ3v) is 4.31. The highest BCUT2D eigenvalue weighted by Crippen LogP contribution is 2.37. The number of nitrogens with zero attached hydrogens (tertiary/aromatic N) is 1. The molecule has 0 aliphatic heterocycles. The molecule has 0 saturated carbocycles. The molecule has 0 aliphatic rings. The fourth-order valence-electron chi connectivity index (χ4n) is 1.86. The fourth-order valence-corrected chi connectivity index (χ4v) is 2.73. The molecule has 1 aromatic rings. The average molecular weight is 352 g/mol. The lowest BCUT2D eigenvalue weighted by atomic mass is 10.1. The van der Waals surface area contributed by atoms with Crippen LogP contribution in [0.4, 0.5) is 18.9 Å². The van der Waals surface area contributed by atoms with Crippen LogP contribution < -0.4 is 9.62 Å². The molecule has 1 atom stereocenters. The summed E-state index contributed by atoms with van der Waals surface area (Å²) < 4.78 is 63.5. The molecule has 1 unspecified atom stereocenters. The first-order chi connectivity index (χ1) is 10.5. The molecule has 1 N–H and O–H groups in total. The number of amides is 1. The van der Waals surface area contributed by atoms with Crippen molar-refractivity contribution in [3.63, 3.8) is 0 Å². The maximum absolute atomic E-state index is 13.1. The van der Waals surface area contributed by atoms with Crippen molar-refractivity contribution in [3.8, 4) is 0 Å². The van der Waals surface area contributed by atoms with Crippen LogP contribution in [0.1, 0.15) is 25.8 Å². The minimum Gasteiger partial charge on any atom is -0.352 e. The van der Waals surface area contributed by atoms with Crippen LogP contribution >= 0.6 is 0 Å². The van der Waals surface area contributed by atoms with Crippen molar-refractivity contribution in [2.45, 2.75) is 32.5 Å². The van der Waals surface area contributed by atoms with E-state index in [0.717, 1.165) is 24.5 Å². The van der Waals surface area contributed by atoms with Gasteiger partial charge in [-0.15, -0.1) is 0 Å². The Kier molecular flexibility index (Phi) is 6.04. The van der Waals surface area contributed by atoms with E-state index in [2.05, 4.69) is 5.32 Å². The van der Waals surface area contributed by atoms with Crippen molar-refractivity contribution in [2.24, 2.45) is 0 Å². The maximum atomic E-state index is 13.1. The zero-order valence-corrected chi connectivity index (χ0v) is 13.8. The lowest BCUT2D eigenvalue weighted by Crippen LogP contribution is -2.43. The summed E-state index contributed by atoms with van der Waals surface area (Å²) >= 11 is 0. The molecule has 0 heterocycles. The second kappa shape index (κ2) is 7.20. The lowest BCUT2D eigenvalue weighted by Gasteiger charge is -2.25. The van der Waals surface area contributed by atoms with Gasteiger partial charge in [0.15, 0.2) is 0 Å². The first kappa shape index (κ1) is 19.3. The van der Waals surface area contributed by atoms with E-state index in [0.29, 0.717) is 10.7 Å². The summed E-state index contributed by atoms with van der Waals surface area (Å²) in [7, 11) is -4.07. The minimum atomic E-state index is -4.73. The average Bonchev–Trinajstić information content (AvgIpc) is 2.42. The Balaban J connectivity index is 3.23. The van der Waals surface area contributed by atoms with Crippen molar-refractivity contribution in [3.05, 3.63) is 29.8 Å². The van der Waals surface area contributed by atoms with Gasteiger partial charge in [-0.25, -0.2) is 8.42 Å². The molecule has 5 nitrogen and oxygen atoms in total. The lowest BCUT2D eigenvalue weighted by molar-refractivity contribution is -0.137. The summed E-state index contributed by atoms with van der Waals surface area (Å²) in [6.45, 7) is 2.82. The van der Waals surface area contributed by atoms with Crippen molar-refractivity contribution in [2.75, 3.05) is 17.1 Å². The highest BCUT2D eigenvalue weighted by molar-refractivity contribution is 7.92. The normalized spacial score (nSPS) is 13.5. The number of halogens is 3. The maximum Gasteiger partial charge on any atom is 0.418 e. The van der Waals surface area contributed by atoms with Crippen LogP contribution in [0, 0.1) is 0 Å². The monoisotopic (exact) mass is 352 g/mol. The molecule has 0 spiro atoms. The van der Waals surface area contributed by atoms with E-state index in [4.69, 9.17) is 0 Å². The van der Waals surface area contributed by atoms with E-state index < -0.39 is 39.9 Å². The number of alkyl halides is 3. The number of hydrogen-bond donors (Lipinski definition) is 1. The molecule has 0 aliphatic carbocycles. The van der Waals surface area contributed by atoms with E-state index in [1.54, 1.807) is 6.92 Å². The molecule has 0 radical (unpaired) electrons. The number of carbonyl (C=O) groups excluding carboxylic acids is 1. The summed E-state index contributed by atoms with van der Waals surface area (Å²) in [5, 5.41) is 2.53. The summed E-state index contributed by atoms with van der Waals surface area (Å²) in [4.78, 5) is 11.9. The molecule has 0 bridgehead atoms. The highest BCUT2D eigenvalue weighted by atomic mass is 32.2. The fraction of sp³-hybridized carbons (Fsp3) is 0.500. The summed E-state index contributed by atoms with van der Waals surface area (Å²) in [6, 6.07) is 4.05. The standard InChI is InChI=1S/C14H19F3N2O3S/c1-4-10(2)18-13(20)9-19(23(3,21)22)12-8-6-5-7-11(12)14(15,16)17/h5-8,10H,4,9H2,1-3H3,(H,18,20). The predicted molar refractivity (Wildman–Crippen MR) is 81.5 cm³/mol. The van der Waals surface area contributed by atoms with Crippen LogP contribution in [0.25, 0.3) is 0 Å². The summed E-state index contributed by atoms with van der Waals surface area (Å²) in [5.41, 5.74) is -1.68. The van der Waals surface area contributed by atoms with Gasteiger partial charge in [-0.3, -0.25) is 9.10 Å². The summed E-state index contributed by atoms with van der Waals surface area (Å²) in [6.07, 6.45) is -3.35. The van der Waals surface area contributed by atoms with Crippen molar-refractivity contribution < 1.29 is 26.4 Å². The summed E-state index contributed by atoms with van der Waals surface area (Å²) in [5.74, 6) is -0.665. The zero-order valence-electron chi connectivity index (χ0n) is 13.0. The quantitative estimate of drug-likeness (QED) is 0.855. The third kappa shape index (κ3) is 5.42. The second-order valence-corrected chi connectivity index (χ2v) is 7.07. The van der Waals surface area contributed by atoms with Crippen molar-refractivity contribution >= 4 is 21.6 Å². The first-order valence-corrected chi connectivity index (χ1v) is 8.75. The number of anilines is 1. The molecule has 130 valence electrons. The van der Waals surface area contributed by atoms with Gasteiger partial charge in [0.2, 0.25) is 15.9 Å². The van der Waals surface area contributed by atoms with Gasteiger partial charge in [-0.05, 0) is 25.5 Å². The molecule has 23 heavy (non-hydrogen) atoms. The predicted octanol–water partition coefficient (Wildman–Crippen LogP) is 2.39. The number of nitrogens with one attached hydrogen (secondary N) is 1. The van der Waals surface area contributed by atoms with E-state index in [-0.39, 0.29) is 6.04 Å². The number of benzene rings is 1. The van der Waals surface area contributed by atoms with Gasteiger partial charge in [-0.1, -0.05) is 19.1 Å². The Labute approximate surface area is 133 Å².